The number of thiophene rings is 1. The third-order valence-electron chi connectivity index (χ3n) is 2.07. The summed E-state index contributed by atoms with van der Waals surface area (Å²) in [7, 11) is 0. The molecule has 1 amide bonds. The van der Waals surface area contributed by atoms with Crippen molar-refractivity contribution >= 4 is 78.0 Å². The number of nitrogens with one attached hydrogen (secondary N) is 1. The zero-order valence-electron chi connectivity index (χ0n) is 8.64. The molecule has 0 aliphatic carbocycles. The van der Waals surface area contributed by atoms with Gasteiger partial charge in [-0.1, -0.05) is 39.1 Å². The molecule has 1 aromatic carbocycles. The number of hydrogen-bond donors (Lipinski definition) is 1. The Bertz CT molecular complexity index is 592. The smallest absolute Gasteiger partial charge is 0.266 e. The van der Waals surface area contributed by atoms with E-state index in [1.54, 1.807) is 12.1 Å². The molecule has 1 N–H and O–H groups in total. The zero-order valence-corrected chi connectivity index (χ0v) is 14.1. The van der Waals surface area contributed by atoms with Crippen LogP contribution < -0.4 is 5.32 Å². The van der Waals surface area contributed by atoms with Crippen molar-refractivity contribution in [2.45, 2.75) is 0 Å². The number of carbonyl (C=O) groups is 1. The molecule has 18 heavy (non-hydrogen) atoms. The predicted molar refractivity (Wildman–Crippen MR) is 84.1 cm³/mol. The van der Waals surface area contributed by atoms with E-state index in [2.05, 4.69) is 37.2 Å². The fourth-order valence-electron chi connectivity index (χ4n) is 1.29. The topological polar surface area (TPSA) is 29.1 Å². The summed E-state index contributed by atoms with van der Waals surface area (Å²) in [5.74, 6) is -0.247. The summed E-state index contributed by atoms with van der Waals surface area (Å²) in [6, 6.07) is 5.16. The number of hydrogen-bond acceptors (Lipinski definition) is 2. The van der Waals surface area contributed by atoms with E-state index in [0.717, 1.165) is 8.95 Å². The van der Waals surface area contributed by atoms with Crippen molar-refractivity contribution in [2.75, 3.05) is 5.32 Å². The number of carbonyl (C=O) groups excluding carboxylic acids is 1. The van der Waals surface area contributed by atoms with E-state index >= 15 is 0 Å². The average molecular weight is 430 g/mol. The Balaban J connectivity index is 2.31. The van der Waals surface area contributed by atoms with E-state index in [1.165, 1.54) is 11.3 Å². The van der Waals surface area contributed by atoms with E-state index in [4.69, 9.17) is 23.2 Å². The van der Waals surface area contributed by atoms with Crippen molar-refractivity contribution in [1.29, 1.82) is 0 Å². The molecule has 0 saturated heterocycles. The highest BCUT2D eigenvalue weighted by Gasteiger charge is 2.15. The van der Waals surface area contributed by atoms with Crippen LogP contribution in [0.3, 0.4) is 0 Å². The molecule has 0 spiro atoms. The van der Waals surface area contributed by atoms with Crippen molar-refractivity contribution in [2.24, 2.45) is 0 Å². The van der Waals surface area contributed by atoms with Crippen LogP contribution in [0.5, 0.6) is 0 Å². The van der Waals surface area contributed by atoms with Gasteiger partial charge in [0.2, 0.25) is 0 Å². The zero-order chi connectivity index (χ0) is 13.3. The molecule has 0 atom stereocenters. The summed E-state index contributed by atoms with van der Waals surface area (Å²) in [4.78, 5) is 12.6. The third-order valence-corrected chi connectivity index (χ3v) is 4.96. The van der Waals surface area contributed by atoms with Crippen LogP contribution in [0.2, 0.25) is 10.0 Å². The largest absolute Gasteiger partial charge is 0.319 e. The van der Waals surface area contributed by atoms with Crippen LogP contribution in [0.25, 0.3) is 0 Å². The second-order valence-corrected chi connectivity index (χ2v) is 6.80. The molecule has 0 radical (unpaired) electrons. The van der Waals surface area contributed by atoms with Gasteiger partial charge < -0.3 is 5.32 Å². The van der Waals surface area contributed by atoms with E-state index in [-0.39, 0.29) is 5.91 Å². The highest BCUT2D eigenvalue weighted by atomic mass is 79.9. The number of benzene rings is 1. The molecular formula is C11H5Br2Cl2NOS. The Kier molecular flexibility index (Phi) is 4.72. The number of amides is 1. The maximum absolute atomic E-state index is 12.0. The highest BCUT2D eigenvalue weighted by molar-refractivity contribution is 9.10. The first-order valence-electron chi connectivity index (χ1n) is 4.68. The molecule has 1 aromatic heterocycles. The highest BCUT2D eigenvalue weighted by Crippen LogP contribution is 2.34. The summed E-state index contributed by atoms with van der Waals surface area (Å²) in [6.07, 6.45) is 0. The van der Waals surface area contributed by atoms with Crippen molar-refractivity contribution in [3.8, 4) is 0 Å². The van der Waals surface area contributed by atoms with Gasteiger partial charge in [-0.15, -0.1) is 11.3 Å². The molecule has 0 fully saturated rings. The van der Waals surface area contributed by atoms with Crippen LogP contribution in [0, 0.1) is 0 Å². The fourth-order valence-corrected chi connectivity index (χ4v) is 4.04. The molecule has 0 saturated carbocycles. The first-order valence-corrected chi connectivity index (χ1v) is 7.90. The van der Waals surface area contributed by atoms with Crippen LogP contribution >= 0.6 is 66.4 Å². The lowest BCUT2D eigenvalue weighted by molar-refractivity contribution is 0.103. The first kappa shape index (κ1) is 14.3. The van der Waals surface area contributed by atoms with Crippen molar-refractivity contribution < 1.29 is 4.79 Å². The summed E-state index contributed by atoms with van der Waals surface area (Å²) >= 11 is 20.0. The quantitative estimate of drug-likeness (QED) is 0.639. The molecular weight excluding hydrogens is 425 g/mol. The third kappa shape index (κ3) is 3.08. The van der Waals surface area contributed by atoms with Gasteiger partial charge in [-0.2, -0.15) is 0 Å². The van der Waals surface area contributed by atoms with Crippen LogP contribution in [0.1, 0.15) is 9.67 Å². The Morgan fingerprint density at radius 1 is 1.22 bits per heavy atom. The lowest BCUT2D eigenvalue weighted by Crippen LogP contribution is -2.11. The van der Waals surface area contributed by atoms with E-state index in [1.807, 2.05) is 11.4 Å². The Morgan fingerprint density at radius 2 is 1.83 bits per heavy atom. The van der Waals surface area contributed by atoms with E-state index in [9.17, 15) is 4.79 Å². The molecule has 2 nitrogen and oxygen atoms in total. The summed E-state index contributed by atoms with van der Waals surface area (Å²) in [5.41, 5.74) is 0.409. The second kappa shape index (κ2) is 5.92. The molecule has 2 aromatic rings. The van der Waals surface area contributed by atoms with Gasteiger partial charge in [-0.3, -0.25) is 4.79 Å². The Hall–Kier alpha value is -0.0700. The number of rotatable bonds is 2. The Labute approximate surface area is 135 Å². The maximum atomic E-state index is 12.0. The van der Waals surface area contributed by atoms with E-state index < -0.39 is 0 Å². The summed E-state index contributed by atoms with van der Waals surface area (Å²) in [6.45, 7) is 0. The summed E-state index contributed by atoms with van der Waals surface area (Å²) < 4.78 is 1.50. The monoisotopic (exact) mass is 427 g/mol. The van der Waals surface area contributed by atoms with Gasteiger partial charge in [0.25, 0.3) is 5.91 Å². The van der Waals surface area contributed by atoms with Crippen LogP contribution in [-0.4, -0.2) is 5.91 Å². The van der Waals surface area contributed by atoms with Crippen molar-refractivity contribution in [3.05, 3.63) is 47.4 Å². The predicted octanol–water partition coefficient (Wildman–Crippen LogP) is 5.83. The molecule has 1 heterocycles. The van der Waals surface area contributed by atoms with Gasteiger partial charge in [0.05, 0.1) is 15.7 Å². The van der Waals surface area contributed by atoms with Gasteiger partial charge in [0, 0.05) is 8.95 Å². The van der Waals surface area contributed by atoms with Crippen molar-refractivity contribution in [3.63, 3.8) is 0 Å². The van der Waals surface area contributed by atoms with Crippen LogP contribution in [0.15, 0.2) is 32.5 Å². The lowest BCUT2D eigenvalue weighted by Gasteiger charge is -2.09. The second-order valence-electron chi connectivity index (χ2n) is 3.30. The van der Waals surface area contributed by atoms with E-state index in [0.29, 0.717) is 20.6 Å². The van der Waals surface area contributed by atoms with Gasteiger partial charge in [0.15, 0.2) is 0 Å². The maximum Gasteiger partial charge on any atom is 0.266 e. The van der Waals surface area contributed by atoms with Gasteiger partial charge >= 0.3 is 0 Å². The first-order chi connectivity index (χ1) is 8.49. The SMILES string of the molecule is O=C(Nc1c(Cl)cc(Br)cc1Cl)c1sccc1Br. The minimum atomic E-state index is -0.247. The Morgan fingerprint density at radius 3 is 2.33 bits per heavy atom. The summed E-state index contributed by atoms with van der Waals surface area (Å²) in [5, 5.41) is 5.30. The number of halogens is 4. The average Bonchev–Trinajstić information content (AvgIpc) is 2.69. The van der Waals surface area contributed by atoms with Gasteiger partial charge in [0.1, 0.15) is 4.88 Å². The molecule has 2 rings (SSSR count). The molecule has 0 unspecified atom stereocenters. The normalized spacial score (nSPS) is 10.4. The van der Waals surface area contributed by atoms with Crippen LogP contribution in [-0.2, 0) is 0 Å². The van der Waals surface area contributed by atoms with Gasteiger partial charge in [-0.05, 0) is 39.5 Å². The minimum absolute atomic E-state index is 0.247. The van der Waals surface area contributed by atoms with Crippen molar-refractivity contribution in [1.82, 2.24) is 0 Å². The fraction of sp³-hybridized carbons (Fsp3) is 0. The van der Waals surface area contributed by atoms with Gasteiger partial charge in [-0.25, -0.2) is 0 Å². The molecule has 0 aliphatic rings. The standard InChI is InChI=1S/C11H5Br2Cl2NOS/c12-5-3-7(14)9(8(15)4-5)16-11(17)10-6(13)1-2-18-10/h1-4H,(H,16,17). The van der Waals surface area contributed by atoms with Crippen LogP contribution in [0.4, 0.5) is 5.69 Å². The molecule has 0 aliphatic heterocycles. The lowest BCUT2D eigenvalue weighted by atomic mass is 10.3. The molecule has 94 valence electrons. The molecule has 0 bridgehead atoms. The number of anilines is 1. The minimum Gasteiger partial charge on any atom is -0.319 e. The molecule has 7 heteroatoms.